The molecule has 0 aromatic carbocycles. The van der Waals surface area contributed by atoms with Crippen LogP contribution in [0.2, 0.25) is 0 Å². The van der Waals surface area contributed by atoms with E-state index in [1.165, 1.54) is 6.42 Å². The number of alkyl halides is 1. The second-order valence-corrected chi connectivity index (χ2v) is 6.89. The van der Waals surface area contributed by atoms with Crippen LogP contribution < -0.4 is 4.72 Å². The molecule has 3 nitrogen and oxygen atoms in total. The predicted octanol–water partition coefficient (Wildman–Crippen LogP) is 2.02. The van der Waals surface area contributed by atoms with Gasteiger partial charge in [0.2, 0.25) is 10.0 Å². The number of sulfonamides is 1. The monoisotopic (exact) mass is 283 g/mol. The van der Waals surface area contributed by atoms with Crippen LogP contribution in [-0.4, -0.2) is 25.0 Å². The smallest absolute Gasteiger partial charge is 0.211 e. The zero-order chi connectivity index (χ0) is 10.6. The molecular formula is C9H18BrNO2S. The fraction of sp³-hybridized carbons (Fsp3) is 1.00. The first-order chi connectivity index (χ1) is 6.55. The van der Waals surface area contributed by atoms with Gasteiger partial charge < -0.3 is 0 Å². The predicted molar refractivity (Wildman–Crippen MR) is 62.2 cm³/mol. The van der Waals surface area contributed by atoms with Crippen molar-refractivity contribution in [1.82, 2.24) is 4.72 Å². The summed E-state index contributed by atoms with van der Waals surface area (Å²) in [5.41, 5.74) is 0. The Hall–Kier alpha value is 0.390. The van der Waals surface area contributed by atoms with Gasteiger partial charge in [-0.3, -0.25) is 0 Å². The van der Waals surface area contributed by atoms with Crippen molar-refractivity contribution < 1.29 is 8.42 Å². The van der Waals surface area contributed by atoms with Crippen LogP contribution in [0, 0.1) is 0 Å². The van der Waals surface area contributed by atoms with Crippen molar-refractivity contribution in [3.63, 3.8) is 0 Å². The van der Waals surface area contributed by atoms with Crippen molar-refractivity contribution in [3.05, 3.63) is 0 Å². The zero-order valence-corrected chi connectivity index (χ0v) is 10.9. The molecule has 5 heteroatoms. The summed E-state index contributed by atoms with van der Waals surface area (Å²) < 4.78 is 25.8. The van der Waals surface area contributed by atoms with E-state index in [1.807, 2.05) is 6.92 Å². The molecule has 1 N–H and O–H groups in total. The highest BCUT2D eigenvalue weighted by atomic mass is 79.9. The molecule has 1 aliphatic carbocycles. The quantitative estimate of drug-likeness (QED) is 0.803. The third-order valence-electron chi connectivity index (χ3n) is 2.49. The van der Waals surface area contributed by atoms with Crippen molar-refractivity contribution in [2.75, 3.05) is 5.75 Å². The van der Waals surface area contributed by atoms with Crippen LogP contribution in [0.5, 0.6) is 0 Å². The lowest BCUT2D eigenvalue weighted by molar-refractivity contribution is 0.427. The number of rotatable bonds is 4. The lowest BCUT2D eigenvalue weighted by Gasteiger charge is -2.27. The molecule has 0 aliphatic heterocycles. The van der Waals surface area contributed by atoms with Crippen LogP contribution in [-0.2, 0) is 10.0 Å². The maximum atomic E-state index is 11.5. The Balaban J connectivity index is 2.49. The third-order valence-corrected chi connectivity index (χ3v) is 5.19. The fourth-order valence-electron chi connectivity index (χ4n) is 1.78. The van der Waals surface area contributed by atoms with Gasteiger partial charge in [-0.25, -0.2) is 13.1 Å². The number of nitrogens with one attached hydrogen (secondary N) is 1. The molecule has 1 saturated carbocycles. The van der Waals surface area contributed by atoms with Crippen molar-refractivity contribution in [2.45, 2.75) is 49.9 Å². The molecule has 1 rings (SSSR count). The summed E-state index contributed by atoms with van der Waals surface area (Å²) in [5.74, 6) is 0.239. The first-order valence-electron chi connectivity index (χ1n) is 5.19. The van der Waals surface area contributed by atoms with Crippen LogP contribution >= 0.6 is 15.9 Å². The van der Waals surface area contributed by atoms with E-state index in [0.717, 1.165) is 19.3 Å². The zero-order valence-electron chi connectivity index (χ0n) is 8.50. The van der Waals surface area contributed by atoms with Gasteiger partial charge in [-0.2, -0.15) is 0 Å². The highest BCUT2D eigenvalue weighted by molar-refractivity contribution is 9.09. The second-order valence-electron chi connectivity index (χ2n) is 3.84. The molecule has 0 aromatic heterocycles. The van der Waals surface area contributed by atoms with E-state index < -0.39 is 10.0 Å². The average Bonchev–Trinajstić information content (AvgIpc) is 2.08. The van der Waals surface area contributed by atoms with Gasteiger partial charge in [0.1, 0.15) is 0 Å². The Kier molecular flexibility index (Phi) is 4.87. The maximum absolute atomic E-state index is 11.5. The molecule has 0 aromatic rings. The number of hydrogen-bond acceptors (Lipinski definition) is 2. The van der Waals surface area contributed by atoms with Gasteiger partial charge in [0.05, 0.1) is 5.75 Å². The van der Waals surface area contributed by atoms with E-state index in [4.69, 9.17) is 0 Å². The van der Waals surface area contributed by atoms with Crippen molar-refractivity contribution in [3.8, 4) is 0 Å². The first kappa shape index (κ1) is 12.5. The van der Waals surface area contributed by atoms with Crippen molar-refractivity contribution in [2.24, 2.45) is 0 Å². The molecule has 84 valence electrons. The maximum Gasteiger partial charge on any atom is 0.211 e. The molecule has 0 amide bonds. The van der Waals surface area contributed by atoms with Crippen molar-refractivity contribution in [1.29, 1.82) is 0 Å². The summed E-state index contributed by atoms with van der Waals surface area (Å²) >= 11 is 3.53. The number of hydrogen-bond donors (Lipinski definition) is 1. The van der Waals surface area contributed by atoms with Crippen LogP contribution in [0.15, 0.2) is 0 Å². The molecule has 0 spiro atoms. The Labute approximate surface area is 94.8 Å². The molecule has 0 saturated heterocycles. The average molecular weight is 284 g/mol. The minimum absolute atomic E-state index is 0.0975. The Morgan fingerprint density at radius 2 is 2.00 bits per heavy atom. The van der Waals surface area contributed by atoms with E-state index in [9.17, 15) is 8.42 Å². The summed E-state index contributed by atoms with van der Waals surface area (Å²) in [6.45, 7) is 1.88. The van der Waals surface area contributed by atoms with Crippen LogP contribution in [0.25, 0.3) is 0 Å². The first-order valence-corrected chi connectivity index (χ1v) is 7.76. The molecular weight excluding hydrogens is 266 g/mol. The van der Waals surface area contributed by atoms with Gasteiger partial charge in [0.15, 0.2) is 0 Å². The number of halogens is 1. The van der Waals surface area contributed by atoms with Gasteiger partial charge in [-0.1, -0.05) is 35.7 Å². The largest absolute Gasteiger partial charge is 0.212 e. The Morgan fingerprint density at radius 1 is 1.36 bits per heavy atom. The SMILES string of the molecule is CCCS(=O)(=O)NC1CCCCC1Br. The third kappa shape index (κ3) is 3.87. The van der Waals surface area contributed by atoms with Crippen LogP contribution in [0.3, 0.4) is 0 Å². The summed E-state index contributed by atoms with van der Waals surface area (Å²) in [5, 5.41) is 0. The van der Waals surface area contributed by atoms with Crippen LogP contribution in [0.4, 0.5) is 0 Å². The lowest BCUT2D eigenvalue weighted by Crippen LogP contribution is -2.43. The van der Waals surface area contributed by atoms with Gasteiger partial charge in [0.25, 0.3) is 0 Å². The topological polar surface area (TPSA) is 46.2 Å². The molecule has 2 atom stereocenters. The van der Waals surface area contributed by atoms with Crippen LogP contribution in [0.1, 0.15) is 39.0 Å². The van der Waals surface area contributed by atoms with Gasteiger partial charge >= 0.3 is 0 Å². The fourth-order valence-corrected chi connectivity index (χ4v) is 4.07. The lowest BCUT2D eigenvalue weighted by atomic mass is 9.96. The molecule has 1 fully saturated rings. The summed E-state index contributed by atoms with van der Waals surface area (Å²) in [7, 11) is -3.04. The molecule has 0 bridgehead atoms. The summed E-state index contributed by atoms with van der Waals surface area (Å²) in [4.78, 5) is 0.308. The molecule has 1 aliphatic rings. The van der Waals surface area contributed by atoms with Gasteiger partial charge in [0, 0.05) is 10.9 Å². The normalized spacial score (nSPS) is 29.0. The Bertz CT molecular complexity index is 266. The minimum Gasteiger partial charge on any atom is -0.212 e. The Morgan fingerprint density at radius 3 is 2.57 bits per heavy atom. The van der Waals surface area contributed by atoms with E-state index in [-0.39, 0.29) is 11.8 Å². The highest BCUT2D eigenvalue weighted by Gasteiger charge is 2.26. The van der Waals surface area contributed by atoms with Gasteiger partial charge in [-0.15, -0.1) is 0 Å². The highest BCUT2D eigenvalue weighted by Crippen LogP contribution is 2.24. The van der Waals surface area contributed by atoms with E-state index in [1.54, 1.807) is 0 Å². The summed E-state index contributed by atoms with van der Waals surface area (Å²) in [6.07, 6.45) is 5.02. The van der Waals surface area contributed by atoms with E-state index in [0.29, 0.717) is 11.2 Å². The standard InChI is InChI=1S/C9H18BrNO2S/c1-2-7-14(12,13)11-9-6-4-3-5-8(9)10/h8-9,11H,2-7H2,1H3. The summed E-state index contributed by atoms with van der Waals surface area (Å²) in [6, 6.07) is 0.0975. The minimum atomic E-state index is -3.04. The molecule has 14 heavy (non-hydrogen) atoms. The molecule has 0 heterocycles. The van der Waals surface area contributed by atoms with Crippen molar-refractivity contribution >= 4 is 26.0 Å². The molecule has 2 unspecified atom stereocenters. The molecule has 0 radical (unpaired) electrons. The van der Waals surface area contributed by atoms with E-state index >= 15 is 0 Å². The van der Waals surface area contributed by atoms with E-state index in [2.05, 4.69) is 20.7 Å². The van der Waals surface area contributed by atoms with Gasteiger partial charge in [-0.05, 0) is 19.3 Å². The second kappa shape index (κ2) is 5.47.